The summed E-state index contributed by atoms with van der Waals surface area (Å²) in [6.07, 6.45) is 0.517. The molecule has 0 unspecified atom stereocenters. The van der Waals surface area contributed by atoms with Crippen molar-refractivity contribution in [2.24, 2.45) is 10.7 Å². The molecular formula is C31H40FN7O5. The minimum Gasteiger partial charge on any atom is -0.444 e. The Morgan fingerprint density at radius 2 is 1.68 bits per heavy atom. The molecule has 44 heavy (non-hydrogen) atoms. The first kappa shape index (κ1) is 33.6. The number of hydrogen-bond donors (Lipinski definition) is 5. The highest BCUT2D eigenvalue weighted by atomic mass is 19.1. The number of benzene rings is 2. The number of carbonyl (C=O) groups is 3. The van der Waals surface area contributed by atoms with Gasteiger partial charge >= 0.3 is 12.2 Å². The third kappa shape index (κ3) is 10.7. The van der Waals surface area contributed by atoms with Crippen LogP contribution >= 0.6 is 0 Å². The van der Waals surface area contributed by atoms with Crippen LogP contribution in [0.3, 0.4) is 0 Å². The van der Waals surface area contributed by atoms with Crippen molar-refractivity contribution < 1.29 is 28.2 Å². The number of guanidine groups is 2. The van der Waals surface area contributed by atoms with Crippen LogP contribution in [0, 0.1) is 11.2 Å². The Balaban J connectivity index is 1.70. The minimum atomic E-state index is -0.872. The average Bonchev–Trinajstić information content (AvgIpc) is 2.90. The number of anilines is 1. The highest BCUT2D eigenvalue weighted by molar-refractivity contribution is 6.04. The summed E-state index contributed by atoms with van der Waals surface area (Å²) in [5, 5.41) is 15.1. The quantitative estimate of drug-likeness (QED) is 0.234. The number of carbonyl (C=O) groups excluding carboxylic acids is 3. The molecule has 0 radical (unpaired) electrons. The van der Waals surface area contributed by atoms with Crippen LogP contribution in [0.25, 0.3) is 5.57 Å². The van der Waals surface area contributed by atoms with E-state index in [0.29, 0.717) is 36.3 Å². The zero-order valence-corrected chi connectivity index (χ0v) is 25.8. The van der Waals surface area contributed by atoms with Crippen molar-refractivity contribution >= 4 is 41.3 Å². The second kappa shape index (κ2) is 14.0. The lowest BCUT2D eigenvalue weighted by Crippen LogP contribution is -2.48. The Morgan fingerprint density at radius 1 is 1.02 bits per heavy atom. The smallest absolute Gasteiger partial charge is 0.437 e. The summed E-state index contributed by atoms with van der Waals surface area (Å²) in [4.78, 5) is 43.2. The standard InChI is InChI=1S/C31H40FN7O5/c1-30(2,3)43-28(41)37-27(38-29(42)44-31(4,5)6)39-15-13-20(14-16-39)23-12-11-22(17-24(23)32)36-25(40)21-9-7-19(8-10-21)18-35-26(33)34/h7-13,17H,14-16,18H2,1-6H3,(H,36,40)(H4,33,34,35)(H,37,38,41,42). The molecule has 6 N–H and O–H groups in total. The number of nitrogens with zero attached hydrogens (tertiary/aromatic N) is 2. The molecule has 0 spiro atoms. The predicted octanol–water partition coefficient (Wildman–Crippen LogP) is 4.97. The van der Waals surface area contributed by atoms with Gasteiger partial charge < -0.3 is 30.7 Å². The van der Waals surface area contributed by atoms with E-state index in [1.807, 2.05) is 0 Å². The van der Waals surface area contributed by atoms with E-state index in [9.17, 15) is 14.4 Å². The van der Waals surface area contributed by atoms with Crippen molar-refractivity contribution in [1.82, 2.24) is 15.5 Å². The number of hydrogen-bond acceptors (Lipinski definition) is 6. The first-order chi connectivity index (χ1) is 20.5. The summed E-state index contributed by atoms with van der Waals surface area (Å²) >= 11 is 0. The predicted molar refractivity (Wildman–Crippen MR) is 167 cm³/mol. The minimum absolute atomic E-state index is 0.0366. The summed E-state index contributed by atoms with van der Waals surface area (Å²) < 4.78 is 25.8. The van der Waals surface area contributed by atoms with E-state index in [2.05, 4.69) is 20.9 Å². The molecule has 236 valence electrons. The topological polar surface area (TPSA) is 171 Å². The molecule has 0 aromatic heterocycles. The van der Waals surface area contributed by atoms with Crippen molar-refractivity contribution in [3.63, 3.8) is 0 Å². The van der Waals surface area contributed by atoms with E-state index in [1.54, 1.807) is 88.9 Å². The molecular weight excluding hydrogens is 569 g/mol. The van der Waals surface area contributed by atoms with Gasteiger partial charge in [0.05, 0.1) is 0 Å². The molecule has 1 aliphatic heterocycles. The molecule has 1 aliphatic rings. The Morgan fingerprint density at radius 3 is 2.23 bits per heavy atom. The van der Waals surface area contributed by atoms with Crippen molar-refractivity contribution in [3.8, 4) is 0 Å². The number of aliphatic imine (C=N–C) groups is 1. The first-order valence-corrected chi connectivity index (χ1v) is 14.0. The van der Waals surface area contributed by atoms with Gasteiger partial charge in [0.1, 0.15) is 17.0 Å². The highest BCUT2D eigenvalue weighted by Gasteiger charge is 2.25. The maximum Gasteiger partial charge on any atom is 0.437 e. The van der Waals surface area contributed by atoms with Gasteiger partial charge in [0.25, 0.3) is 5.91 Å². The fourth-order valence-corrected chi connectivity index (χ4v) is 4.08. The number of ether oxygens (including phenoxy) is 2. The zero-order chi connectivity index (χ0) is 32.7. The van der Waals surface area contributed by atoms with E-state index >= 15 is 4.39 Å². The third-order valence-electron chi connectivity index (χ3n) is 5.98. The van der Waals surface area contributed by atoms with Crippen LogP contribution in [0.4, 0.5) is 19.7 Å². The molecule has 0 saturated heterocycles. The van der Waals surface area contributed by atoms with Crippen molar-refractivity contribution in [2.75, 3.05) is 18.4 Å². The molecule has 3 rings (SSSR count). The van der Waals surface area contributed by atoms with Gasteiger partial charge in [-0.25, -0.2) is 14.0 Å². The molecule has 3 amide bonds. The van der Waals surface area contributed by atoms with Crippen LogP contribution in [0.2, 0.25) is 0 Å². The number of nitrogens with one attached hydrogen (secondary N) is 4. The fraction of sp³-hybridized carbons (Fsp3) is 0.387. The van der Waals surface area contributed by atoms with Crippen LogP contribution in [-0.2, 0) is 16.0 Å². The monoisotopic (exact) mass is 609 g/mol. The SMILES string of the molecule is CC(C)(C)OC(=O)N=C(NC(=O)OC(C)(C)C)N1CC=C(c2ccc(NC(=O)c3ccc(CNC(=N)N)cc3)cc2F)CC1. The summed E-state index contributed by atoms with van der Waals surface area (Å²) in [5.74, 6) is -1.09. The molecule has 13 heteroatoms. The zero-order valence-electron chi connectivity index (χ0n) is 25.8. The second-order valence-corrected chi connectivity index (χ2v) is 12.1. The van der Waals surface area contributed by atoms with Gasteiger partial charge in [-0.3, -0.25) is 15.5 Å². The van der Waals surface area contributed by atoms with Crippen molar-refractivity contribution in [1.29, 1.82) is 5.41 Å². The third-order valence-corrected chi connectivity index (χ3v) is 5.98. The van der Waals surface area contributed by atoms with Crippen LogP contribution in [-0.4, -0.2) is 59.2 Å². The highest BCUT2D eigenvalue weighted by Crippen LogP contribution is 2.27. The average molecular weight is 610 g/mol. The van der Waals surface area contributed by atoms with E-state index < -0.39 is 35.1 Å². The largest absolute Gasteiger partial charge is 0.444 e. The Kier molecular flexibility index (Phi) is 10.7. The Hall–Kier alpha value is -4.94. The fourth-order valence-electron chi connectivity index (χ4n) is 4.08. The number of alkyl carbamates (subject to hydrolysis) is 1. The number of nitrogens with two attached hydrogens (primary N) is 1. The maximum atomic E-state index is 15.2. The van der Waals surface area contributed by atoms with Crippen LogP contribution < -0.4 is 21.7 Å². The van der Waals surface area contributed by atoms with E-state index in [1.165, 1.54) is 6.07 Å². The van der Waals surface area contributed by atoms with Gasteiger partial charge in [-0.15, -0.1) is 4.99 Å². The molecule has 0 atom stereocenters. The van der Waals surface area contributed by atoms with Gasteiger partial charge in [-0.1, -0.05) is 18.2 Å². The number of rotatable bonds is 5. The van der Waals surface area contributed by atoms with E-state index in [-0.39, 0.29) is 18.5 Å². The molecule has 0 aliphatic carbocycles. The molecule has 0 bridgehead atoms. The Bertz CT molecular complexity index is 1460. The lowest BCUT2D eigenvalue weighted by molar-refractivity contribution is 0.0554. The van der Waals surface area contributed by atoms with Gasteiger partial charge in [-0.05, 0) is 89.4 Å². The van der Waals surface area contributed by atoms with Crippen molar-refractivity contribution in [3.05, 3.63) is 71.0 Å². The second-order valence-electron chi connectivity index (χ2n) is 12.1. The van der Waals surface area contributed by atoms with E-state index in [4.69, 9.17) is 20.6 Å². The van der Waals surface area contributed by atoms with Gasteiger partial charge in [0.15, 0.2) is 5.96 Å². The van der Waals surface area contributed by atoms with Gasteiger partial charge in [0, 0.05) is 36.4 Å². The van der Waals surface area contributed by atoms with Crippen LogP contribution in [0.5, 0.6) is 0 Å². The number of halogens is 1. The van der Waals surface area contributed by atoms with Crippen molar-refractivity contribution in [2.45, 2.75) is 65.7 Å². The maximum absolute atomic E-state index is 15.2. The normalized spacial score (nSPS) is 13.8. The molecule has 0 fully saturated rings. The van der Waals surface area contributed by atoms with Crippen LogP contribution in [0.1, 0.15) is 69.4 Å². The van der Waals surface area contributed by atoms with E-state index in [0.717, 1.165) is 11.1 Å². The Labute approximate surface area is 256 Å². The molecule has 2 aromatic carbocycles. The van der Waals surface area contributed by atoms with Crippen LogP contribution in [0.15, 0.2) is 53.5 Å². The summed E-state index contributed by atoms with van der Waals surface area (Å²) in [7, 11) is 0. The summed E-state index contributed by atoms with van der Waals surface area (Å²) in [5.41, 5.74) is 6.36. The molecule has 1 heterocycles. The van der Waals surface area contributed by atoms with Gasteiger partial charge in [0.2, 0.25) is 5.96 Å². The molecule has 12 nitrogen and oxygen atoms in total. The summed E-state index contributed by atoms with van der Waals surface area (Å²) in [6.45, 7) is 11.2. The van der Waals surface area contributed by atoms with Gasteiger partial charge in [-0.2, -0.15) is 0 Å². The number of amides is 3. The molecule has 2 aromatic rings. The lowest BCUT2D eigenvalue weighted by atomic mass is 9.98. The summed E-state index contributed by atoms with van der Waals surface area (Å²) in [6, 6.07) is 11.2. The first-order valence-electron chi connectivity index (χ1n) is 14.0. The molecule has 0 saturated carbocycles. The lowest BCUT2D eigenvalue weighted by Gasteiger charge is -2.30.